The molecule has 3 heterocycles. The number of aromatic nitrogens is 4. The van der Waals surface area contributed by atoms with Crippen LogP contribution in [0.1, 0.15) is 50.8 Å². The van der Waals surface area contributed by atoms with Crippen LogP contribution < -0.4 is 15.2 Å². The van der Waals surface area contributed by atoms with Gasteiger partial charge in [-0.1, -0.05) is 24.3 Å². The van der Waals surface area contributed by atoms with E-state index in [0.717, 1.165) is 32.4 Å². The van der Waals surface area contributed by atoms with E-state index >= 15 is 0 Å². The maximum absolute atomic E-state index is 13.0. The van der Waals surface area contributed by atoms with E-state index in [9.17, 15) is 9.00 Å². The summed E-state index contributed by atoms with van der Waals surface area (Å²) in [4.78, 5) is 22.2. The molecule has 1 fully saturated rings. The van der Waals surface area contributed by atoms with E-state index in [1.165, 1.54) is 11.1 Å². The Kier molecular flexibility index (Phi) is 5.44. The molecule has 2 atom stereocenters. The molecule has 32 heavy (non-hydrogen) atoms. The Morgan fingerprint density at radius 2 is 1.97 bits per heavy atom. The largest absolute Gasteiger partial charge is 0.342 e. The van der Waals surface area contributed by atoms with Crippen LogP contribution in [0.3, 0.4) is 0 Å². The van der Waals surface area contributed by atoms with E-state index in [1.54, 1.807) is 0 Å². The highest BCUT2D eigenvalue weighted by Gasteiger charge is 2.49. The SMILES string of the molecule is CC(C)(C)[S@@](=O)N[C@@H]1c2ccccc2CC12CCN(c1nc3n[nH]c(I)c3c(=O)[nH]1)CC2. The molecule has 0 radical (unpaired) electrons. The number of hydrogen-bond donors (Lipinski definition) is 3. The molecule has 170 valence electrons. The molecule has 5 rings (SSSR count). The van der Waals surface area contributed by atoms with Crippen molar-refractivity contribution in [3.05, 3.63) is 49.4 Å². The topological polar surface area (TPSA) is 107 Å². The molecule has 1 spiro atoms. The lowest BCUT2D eigenvalue weighted by Crippen LogP contribution is -2.48. The smallest absolute Gasteiger partial charge is 0.264 e. The Morgan fingerprint density at radius 1 is 1.25 bits per heavy atom. The van der Waals surface area contributed by atoms with Gasteiger partial charge in [-0.15, -0.1) is 0 Å². The number of H-pyrrole nitrogens is 2. The number of fused-ring (bicyclic) bond motifs is 2. The fourth-order valence-corrected chi connectivity index (χ4v) is 6.48. The number of nitrogens with zero attached hydrogens (tertiary/aromatic N) is 3. The number of anilines is 1. The molecule has 3 N–H and O–H groups in total. The highest BCUT2D eigenvalue weighted by atomic mass is 127. The van der Waals surface area contributed by atoms with Crippen molar-refractivity contribution in [2.75, 3.05) is 18.0 Å². The Labute approximate surface area is 202 Å². The van der Waals surface area contributed by atoms with Crippen molar-refractivity contribution in [1.82, 2.24) is 24.9 Å². The van der Waals surface area contributed by atoms with Gasteiger partial charge < -0.3 is 4.90 Å². The lowest BCUT2D eigenvalue weighted by molar-refractivity contribution is 0.177. The molecule has 1 aromatic carbocycles. The molecule has 3 aromatic rings. The molecule has 2 aromatic heterocycles. The Morgan fingerprint density at radius 3 is 2.69 bits per heavy atom. The van der Waals surface area contributed by atoms with Gasteiger partial charge >= 0.3 is 0 Å². The molecule has 2 aliphatic rings. The summed E-state index contributed by atoms with van der Waals surface area (Å²) in [5.74, 6) is 0.568. The van der Waals surface area contributed by atoms with Crippen LogP contribution in [0.2, 0.25) is 0 Å². The average molecular weight is 566 g/mol. The summed E-state index contributed by atoms with van der Waals surface area (Å²) in [5.41, 5.74) is 2.87. The summed E-state index contributed by atoms with van der Waals surface area (Å²) in [7, 11) is -1.16. The van der Waals surface area contributed by atoms with Gasteiger partial charge in [0.1, 0.15) is 9.09 Å². The van der Waals surface area contributed by atoms with Gasteiger partial charge in [-0.25, -0.2) is 8.93 Å². The van der Waals surface area contributed by atoms with Crippen molar-refractivity contribution < 1.29 is 4.21 Å². The van der Waals surface area contributed by atoms with Gasteiger partial charge in [-0.2, -0.15) is 10.1 Å². The van der Waals surface area contributed by atoms with E-state index in [-0.39, 0.29) is 21.8 Å². The summed E-state index contributed by atoms with van der Waals surface area (Å²) in [5, 5.41) is 7.50. The van der Waals surface area contributed by atoms with E-state index in [4.69, 9.17) is 0 Å². The maximum atomic E-state index is 13.0. The first-order valence-corrected chi connectivity index (χ1v) is 13.1. The molecule has 8 nitrogen and oxygen atoms in total. The zero-order valence-corrected chi connectivity index (χ0v) is 21.3. The summed E-state index contributed by atoms with van der Waals surface area (Å²) >= 11 is 2.06. The monoisotopic (exact) mass is 566 g/mol. The Hall–Kier alpha value is -1.79. The van der Waals surface area contributed by atoms with Gasteiger partial charge in [0.2, 0.25) is 5.95 Å². The van der Waals surface area contributed by atoms with Crippen LogP contribution in [-0.4, -0.2) is 42.2 Å². The lowest BCUT2D eigenvalue weighted by atomic mass is 9.73. The second kappa shape index (κ2) is 7.91. The molecule has 0 bridgehead atoms. The zero-order valence-electron chi connectivity index (χ0n) is 18.4. The molecule has 1 aliphatic heterocycles. The summed E-state index contributed by atoms with van der Waals surface area (Å²) < 4.78 is 16.9. The van der Waals surface area contributed by atoms with Crippen molar-refractivity contribution >= 4 is 50.6 Å². The van der Waals surface area contributed by atoms with Crippen LogP contribution in [0, 0.1) is 9.12 Å². The molecule has 0 amide bonds. The zero-order chi connectivity index (χ0) is 22.7. The third kappa shape index (κ3) is 3.69. The predicted molar refractivity (Wildman–Crippen MR) is 135 cm³/mol. The third-order valence-corrected chi connectivity index (χ3v) is 9.07. The lowest BCUT2D eigenvalue weighted by Gasteiger charge is -2.44. The van der Waals surface area contributed by atoms with Crippen LogP contribution in [-0.2, 0) is 17.4 Å². The number of rotatable bonds is 3. The van der Waals surface area contributed by atoms with Crippen molar-refractivity contribution in [2.45, 2.75) is 50.8 Å². The van der Waals surface area contributed by atoms with E-state index in [2.05, 4.69) is 76.6 Å². The first-order valence-electron chi connectivity index (χ1n) is 10.8. The van der Waals surface area contributed by atoms with E-state index in [1.807, 2.05) is 20.8 Å². The van der Waals surface area contributed by atoms with Crippen molar-refractivity contribution in [3.8, 4) is 0 Å². The van der Waals surface area contributed by atoms with Gasteiger partial charge in [0.15, 0.2) is 5.65 Å². The van der Waals surface area contributed by atoms with Crippen molar-refractivity contribution in [2.24, 2.45) is 5.41 Å². The highest BCUT2D eigenvalue weighted by Crippen LogP contribution is 2.52. The standard InChI is InChI=1S/C22H27IN6O2S/c1-21(2,3)32(31)28-16-14-7-5-4-6-13(14)12-22(16)8-10-29(11-9-22)20-24-18-15(19(30)25-20)17(23)26-27-18/h4-7,16,28H,8-12H2,1-3H3,(H2,24,25,26,27,30)/t16-,32-/m1/s1. The van der Waals surface area contributed by atoms with Gasteiger partial charge in [0.25, 0.3) is 5.56 Å². The maximum Gasteiger partial charge on any atom is 0.264 e. The van der Waals surface area contributed by atoms with Crippen LogP contribution in [0.4, 0.5) is 5.95 Å². The average Bonchev–Trinajstić information content (AvgIpc) is 3.26. The van der Waals surface area contributed by atoms with Gasteiger partial charge in [-0.3, -0.25) is 14.9 Å². The van der Waals surface area contributed by atoms with Crippen molar-refractivity contribution in [3.63, 3.8) is 0 Å². The van der Waals surface area contributed by atoms with E-state index in [0.29, 0.717) is 20.7 Å². The number of aromatic amines is 2. The van der Waals surface area contributed by atoms with Crippen LogP contribution in [0.15, 0.2) is 29.1 Å². The predicted octanol–water partition coefficient (Wildman–Crippen LogP) is 3.19. The molecule has 0 saturated carbocycles. The van der Waals surface area contributed by atoms with Gasteiger partial charge in [0, 0.05) is 13.1 Å². The molecule has 0 unspecified atom stereocenters. The second-order valence-corrected chi connectivity index (χ2v) is 12.9. The summed E-state index contributed by atoms with van der Waals surface area (Å²) in [6.07, 6.45) is 2.80. The minimum atomic E-state index is -1.16. The number of piperidine rings is 1. The fourth-order valence-electron chi connectivity index (χ4n) is 4.93. The van der Waals surface area contributed by atoms with Gasteiger partial charge in [0.05, 0.1) is 21.8 Å². The third-order valence-electron chi connectivity index (χ3n) is 6.73. The van der Waals surface area contributed by atoms with Gasteiger partial charge in [-0.05, 0) is 79.2 Å². The number of hydrogen-bond acceptors (Lipinski definition) is 5. The van der Waals surface area contributed by atoms with Crippen LogP contribution in [0.25, 0.3) is 11.0 Å². The molecule has 1 aliphatic carbocycles. The van der Waals surface area contributed by atoms with Crippen LogP contribution >= 0.6 is 22.6 Å². The van der Waals surface area contributed by atoms with Crippen molar-refractivity contribution in [1.29, 1.82) is 0 Å². The summed E-state index contributed by atoms with van der Waals surface area (Å²) in [6, 6.07) is 8.55. The molecule has 10 heteroatoms. The normalized spacial score (nSPS) is 21.2. The Balaban J connectivity index is 1.42. The molecular weight excluding hydrogens is 539 g/mol. The first kappa shape index (κ1) is 22.0. The first-order chi connectivity index (χ1) is 15.2. The number of benzene rings is 1. The Bertz CT molecular complexity index is 1260. The number of halogens is 1. The minimum Gasteiger partial charge on any atom is -0.342 e. The number of nitrogens with one attached hydrogen (secondary N) is 3. The van der Waals surface area contributed by atoms with Crippen LogP contribution in [0.5, 0.6) is 0 Å². The summed E-state index contributed by atoms with van der Waals surface area (Å²) in [6.45, 7) is 7.54. The minimum absolute atomic E-state index is 0.00674. The van der Waals surface area contributed by atoms with E-state index < -0.39 is 11.0 Å². The molecular formula is C22H27IN6O2S. The quantitative estimate of drug-likeness (QED) is 0.423. The molecule has 1 saturated heterocycles. The fraction of sp³-hybridized carbons (Fsp3) is 0.500. The second-order valence-electron chi connectivity index (χ2n) is 9.78. The highest BCUT2D eigenvalue weighted by molar-refractivity contribution is 14.1.